The first kappa shape index (κ1) is 27.0. The van der Waals surface area contributed by atoms with Crippen LogP contribution < -0.4 is 11.0 Å². The van der Waals surface area contributed by atoms with E-state index >= 15 is 0 Å². The maximum absolute atomic E-state index is 13.5. The van der Waals surface area contributed by atoms with Crippen molar-refractivity contribution in [3.8, 4) is 0 Å². The molecule has 38 heavy (non-hydrogen) atoms. The topological polar surface area (TPSA) is 104 Å². The fraction of sp³-hybridized carbons (Fsp3) is 0.250. The Kier molecular flexibility index (Phi) is 8.50. The van der Waals surface area contributed by atoms with Crippen LogP contribution in [0.4, 0.5) is 0 Å². The summed E-state index contributed by atoms with van der Waals surface area (Å²) in [6, 6.07) is 12.0. The number of halogens is 1. The summed E-state index contributed by atoms with van der Waals surface area (Å²) >= 11 is 5.93. The van der Waals surface area contributed by atoms with E-state index in [1.807, 2.05) is 13.0 Å². The van der Waals surface area contributed by atoms with Crippen molar-refractivity contribution in [3.63, 3.8) is 0 Å². The first-order valence-corrected chi connectivity index (χ1v) is 12.5. The van der Waals surface area contributed by atoms with Crippen molar-refractivity contribution in [3.05, 3.63) is 92.3 Å². The lowest BCUT2D eigenvalue weighted by atomic mass is 10.2. The van der Waals surface area contributed by atoms with E-state index in [0.29, 0.717) is 35.9 Å². The third-order valence-electron chi connectivity index (χ3n) is 5.84. The Balaban J connectivity index is 2.00. The maximum Gasteiger partial charge on any atom is 0.341 e. The van der Waals surface area contributed by atoms with Crippen LogP contribution in [0.3, 0.4) is 0 Å². The zero-order valence-electron chi connectivity index (χ0n) is 21.3. The van der Waals surface area contributed by atoms with E-state index in [9.17, 15) is 14.4 Å². The lowest BCUT2D eigenvalue weighted by molar-refractivity contribution is -0.113. The van der Waals surface area contributed by atoms with Gasteiger partial charge in [0.15, 0.2) is 5.49 Å². The molecule has 3 heterocycles. The zero-order chi connectivity index (χ0) is 27.2. The molecule has 1 aromatic carbocycles. The number of aryl methyl sites for hydroxylation is 2. The van der Waals surface area contributed by atoms with Crippen LogP contribution in [-0.4, -0.2) is 46.2 Å². The summed E-state index contributed by atoms with van der Waals surface area (Å²) in [5.41, 5.74) is 2.03. The molecule has 4 rings (SSSR count). The Hall–Kier alpha value is -4.08. The van der Waals surface area contributed by atoms with Crippen molar-refractivity contribution in [1.29, 1.82) is 0 Å². The molecule has 0 bridgehead atoms. The number of hydrogen-bond donors (Lipinski definition) is 0. The lowest BCUT2D eigenvalue weighted by Crippen LogP contribution is -2.33. The zero-order valence-corrected chi connectivity index (χ0v) is 22.1. The molecule has 0 unspecified atom stereocenters. The number of pyridine rings is 2. The van der Waals surface area contributed by atoms with Crippen LogP contribution in [0.25, 0.3) is 22.8 Å². The molecule has 0 aliphatic heterocycles. The summed E-state index contributed by atoms with van der Waals surface area (Å²) < 4.78 is 13.5. The third-order valence-corrected chi connectivity index (χ3v) is 6.09. The number of benzene rings is 1. The molecule has 0 spiro atoms. The molecule has 0 aliphatic rings. The van der Waals surface area contributed by atoms with Crippen LogP contribution in [0.15, 0.2) is 64.5 Å². The average molecular weight is 535 g/mol. The molecular formula is C28H27ClN4O5. The highest BCUT2D eigenvalue weighted by Gasteiger charge is 2.20. The van der Waals surface area contributed by atoms with Gasteiger partial charge in [-0.3, -0.25) is 14.0 Å². The normalized spacial score (nSPS) is 12.1. The van der Waals surface area contributed by atoms with Crippen LogP contribution in [0.2, 0.25) is 5.02 Å². The Morgan fingerprint density at radius 1 is 1.16 bits per heavy atom. The number of methoxy groups -OCH3 is 1. The molecule has 0 radical (unpaired) electrons. The van der Waals surface area contributed by atoms with E-state index in [4.69, 9.17) is 26.1 Å². The molecule has 0 fully saturated rings. The van der Waals surface area contributed by atoms with Gasteiger partial charge >= 0.3 is 5.97 Å². The van der Waals surface area contributed by atoms with Crippen LogP contribution >= 0.6 is 11.6 Å². The molecule has 0 saturated carbocycles. The smallest absolute Gasteiger partial charge is 0.341 e. The van der Waals surface area contributed by atoms with Gasteiger partial charge in [0.1, 0.15) is 16.9 Å². The van der Waals surface area contributed by atoms with Gasteiger partial charge in [-0.15, -0.1) is 0 Å². The van der Waals surface area contributed by atoms with E-state index in [1.165, 1.54) is 16.5 Å². The molecule has 0 atom stereocenters. The molecule has 196 valence electrons. The third kappa shape index (κ3) is 5.74. The number of fused-ring (bicyclic) bond motifs is 2. The highest BCUT2D eigenvalue weighted by Crippen LogP contribution is 2.14. The summed E-state index contributed by atoms with van der Waals surface area (Å²) in [6.45, 7) is 4.34. The van der Waals surface area contributed by atoms with Crippen LogP contribution in [0.1, 0.15) is 34.8 Å². The summed E-state index contributed by atoms with van der Waals surface area (Å²) in [5.74, 6) is -1.30. The summed E-state index contributed by atoms with van der Waals surface area (Å²) in [6.07, 6.45) is 5.05. The number of ether oxygens (including phenoxy) is 2. The SMILES string of the molecule is CCOC(=O)c1cc2c(=O)n3cccc(C)c3nc2n(CCCOC)c1=NC(=O)/C=C/c1ccc(Cl)cc1. The van der Waals surface area contributed by atoms with Crippen molar-refractivity contribution in [2.75, 3.05) is 20.3 Å². The second-order valence-electron chi connectivity index (χ2n) is 8.47. The van der Waals surface area contributed by atoms with Gasteiger partial charge in [0.2, 0.25) is 0 Å². The first-order chi connectivity index (χ1) is 18.3. The standard InChI is InChI=1S/C28H27ClN4O5/c1-4-38-28(36)22-17-21-25(31-24-18(2)7-5-14-33(24)27(21)35)32(15-6-16-37-3)26(22)30-23(34)13-10-19-8-11-20(29)12-9-19/h5,7-14,17H,4,6,15-16H2,1-3H3/b13-10+,30-26?. The van der Waals surface area contributed by atoms with Crippen molar-refractivity contribution in [2.24, 2.45) is 4.99 Å². The van der Waals surface area contributed by atoms with Crippen molar-refractivity contribution >= 4 is 46.2 Å². The number of hydrogen-bond acceptors (Lipinski definition) is 6. The van der Waals surface area contributed by atoms with Gasteiger partial charge in [0.05, 0.1) is 12.0 Å². The summed E-state index contributed by atoms with van der Waals surface area (Å²) in [4.78, 5) is 48.5. The molecule has 0 saturated heterocycles. The largest absolute Gasteiger partial charge is 0.462 e. The van der Waals surface area contributed by atoms with E-state index in [0.717, 1.165) is 11.1 Å². The van der Waals surface area contributed by atoms with Crippen LogP contribution in [0.5, 0.6) is 0 Å². The molecule has 1 amide bonds. The van der Waals surface area contributed by atoms with Gasteiger partial charge in [-0.25, -0.2) is 9.78 Å². The van der Waals surface area contributed by atoms with Gasteiger partial charge in [-0.05, 0) is 61.7 Å². The van der Waals surface area contributed by atoms with Crippen molar-refractivity contribution < 1.29 is 19.1 Å². The van der Waals surface area contributed by atoms with Gasteiger partial charge in [0.25, 0.3) is 11.5 Å². The highest BCUT2D eigenvalue weighted by molar-refractivity contribution is 6.30. The number of amides is 1. The quantitative estimate of drug-likeness (QED) is 0.147. The van der Waals surface area contributed by atoms with Gasteiger partial charge in [0, 0.05) is 37.6 Å². The van der Waals surface area contributed by atoms with Crippen molar-refractivity contribution in [1.82, 2.24) is 14.0 Å². The number of rotatable bonds is 8. The fourth-order valence-electron chi connectivity index (χ4n) is 4.03. The second-order valence-corrected chi connectivity index (χ2v) is 8.91. The number of carbonyl (C=O) groups is 2. The molecule has 4 aromatic rings. The van der Waals surface area contributed by atoms with Crippen LogP contribution in [-0.2, 0) is 20.8 Å². The van der Waals surface area contributed by atoms with E-state index < -0.39 is 11.9 Å². The molecule has 9 nitrogen and oxygen atoms in total. The molecular weight excluding hydrogens is 508 g/mol. The first-order valence-electron chi connectivity index (χ1n) is 12.1. The Bertz CT molecular complexity index is 1670. The molecule has 3 aromatic heterocycles. The fourth-order valence-corrected chi connectivity index (χ4v) is 4.15. The Morgan fingerprint density at radius 2 is 1.92 bits per heavy atom. The monoisotopic (exact) mass is 534 g/mol. The van der Waals surface area contributed by atoms with Gasteiger partial charge < -0.3 is 14.0 Å². The lowest BCUT2D eigenvalue weighted by Gasteiger charge is -2.15. The number of carbonyl (C=O) groups excluding carboxylic acids is 2. The molecule has 0 N–H and O–H groups in total. The maximum atomic E-state index is 13.5. The summed E-state index contributed by atoms with van der Waals surface area (Å²) in [7, 11) is 1.58. The predicted octanol–water partition coefficient (Wildman–Crippen LogP) is 3.96. The van der Waals surface area contributed by atoms with E-state index in [2.05, 4.69) is 4.99 Å². The highest BCUT2D eigenvalue weighted by atomic mass is 35.5. The number of aromatic nitrogens is 3. The van der Waals surface area contributed by atoms with Crippen molar-refractivity contribution in [2.45, 2.75) is 26.8 Å². The van der Waals surface area contributed by atoms with Crippen LogP contribution in [0, 0.1) is 6.92 Å². The average Bonchev–Trinajstić information content (AvgIpc) is 2.90. The minimum absolute atomic E-state index is 0.00323. The van der Waals surface area contributed by atoms with E-state index in [-0.39, 0.29) is 28.6 Å². The second kappa shape index (κ2) is 12.0. The Morgan fingerprint density at radius 3 is 2.63 bits per heavy atom. The van der Waals surface area contributed by atoms with Gasteiger partial charge in [-0.1, -0.05) is 29.8 Å². The number of nitrogens with zero attached hydrogens (tertiary/aromatic N) is 4. The number of esters is 1. The Labute approximate surface area is 223 Å². The van der Waals surface area contributed by atoms with Gasteiger partial charge in [-0.2, -0.15) is 4.99 Å². The molecule has 10 heteroatoms. The van der Waals surface area contributed by atoms with E-state index in [1.54, 1.807) is 61.2 Å². The summed E-state index contributed by atoms with van der Waals surface area (Å²) in [5, 5.41) is 0.786. The minimum atomic E-state index is -0.697. The molecule has 0 aliphatic carbocycles. The predicted molar refractivity (Wildman–Crippen MR) is 145 cm³/mol. The minimum Gasteiger partial charge on any atom is -0.462 e.